The second-order valence-electron chi connectivity index (χ2n) is 4.81. The van der Waals surface area contributed by atoms with Crippen LogP contribution in [-0.4, -0.2) is 23.4 Å². The quantitative estimate of drug-likeness (QED) is 0.894. The Morgan fingerprint density at radius 2 is 2.00 bits per heavy atom. The first-order chi connectivity index (χ1) is 8.63. The maximum atomic E-state index is 4.53. The zero-order valence-corrected chi connectivity index (χ0v) is 11.6. The Labute approximate surface area is 109 Å². The number of aromatic nitrogens is 2. The summed E-state index contributed by atoms with van der Waals surface area (Å²) in [5.41, 5.74) is 6.25. The van der Waals surface area contributed by atoms with Crippen LogP contribution in [0.25, 0.3) is 5.69 Å². The fraction of sp³-hybridized carbons (Fsp3) is 0.400. The summed E-state index contributed by atoms with van der Waals surface area (Å²) in [6, 6.07) is 6.48. The van der Waals surface area contributed by atoms with Gasteiger partial charge in [-0.15, -0.1) is 0 Å². The van der Waals surface area contributed by atoms with Crippen LogP contribution >= 0.6 is 0 Å². The number of hydrogen-bond acceptors (Lipinski definition) is 2. The summed E-state index contributed by atoms with van der Waals surface area (Å²) in [4.78, 5) is 0. The third kappa shape index (κ3) is 2.46. The lowest BCUT2D eigenvalue weighted by atomic mass is 10.1. The van der Waals surface area contributed by atoms with Crippen molar-refractivity contribution in [3.8, 4) is 5.69 Å². The molecule has 0 aliphatic rings. The highest BCUT2D eigenvalue weighted by Gasteiger charge is 2.09. The third-order valence-electron chi connectivity index (χ3n) is 3.35. The van der Waals surface area contributed by atoms with E-state index in [-0.39, 0.29) is 0 Å². The molecule has 1 aromatic heterocycles. The Hall–Kier alpha value is -1.61. The number of nitrogens with zero attached hydrogens (tertiary/aromatic N) is 2. The molecular weight excluding hydrogens is 222 g/mol. The molecule has 2 rings (SSSR count). The van der Waals surface area contributed by atoms with Crippen molar-refractivity contribution >= 4 is 0 Å². The van der Waals surface area contributed by atoms with Crippen molar-refractivity contribution < 1.29 is 0 Å². The zero-order valence-electron chi connectivity index (χ0n) is 11.6. The van der Waals surface area contributed by atoms with Gasteiger partial charge in [0, 0.05) is 5.69 Å². The van der Waals surface area contributed by atoms with Crippen LogP contribution in [0.15, 0.2) is 24.4 Å². The fourth-order valence-corrected chi connectivity index (χ4v) is 2.14. The van der Waals surface area contributed by atoms with Crippen LogP contribution in [0.4, 0.5) is 0 Å². The lowest BCUT2D eigenvalue weighted by molar-refractivity contribution is 0.784. The van der Waals surface area contributed by atoms with E-state index in [4.69, 9.17) is 0 Å². The summed E-state index contributed by atoms with van der Waals surface area (Å²) in [5.74, 6) is 0. The molecule has 3 heteroatoms. The Kier molecular flexibility index (Phi) is 3.82. The lowest BCUT2D eigenvalue weighted by Crippen LogP contribution is -2.11. The summed E-state index contributed by atoms with van der Waals surface area (Å²) in [6.07, 6.45) is 3.00. The number of rotatable bonds is 4. The van der Waals surface area contributed by atoms with E-state index in [0.29, 0.717) is 0 Å². The largest absolute Gasteiger partial charge is 0.319 e. The molecule has 0 aliphatic heterocycles. The maximum Gasteiger partial charge on any atom is 0.0680 e. The molecule has 0 fully saturated rings. The minimum absolute atomic E-state index is 0.985. The second kappa shape index (κ2) is 5.36. The first-order valence-corrected chi connectivity index (χ1v) is 6.39. The molecule has 0 unspecified atom stereocenters. The standard InChI is InChI=1S/C15H21N3/c1-11-5-6-12(2)15(9-11)18-13(3)14(10-17-18)7-8-16-4/h5-6,9-10,16H,7-8H2,1-4H3. The molecule has 0 spiro atoms. The SMILES string of the molecule is CNCCc1cnn(-c2cc(C)ccc2C)c1C. The van der Waals surface area contributed by atoms with Crippen LogP contribution in [-0.2, 0) is 6.42 Å². The zero-order chi connectivity index (χ0) is 13.1. The highest BCUT2D eigenvalue weighted by Crippen LogP contribution is 2.19. The van der Waals surface area contributed by atoms with Crippen LogP contribution < -0.4 is 5.32 Å². The van der Waals surface area contributed by atoms with Crippen molar-refractivity contribution in [1.82, 2.24) is 15.1 Å². The van der Waals surface area contributed by atoms with Gasteiger partial charge in [-0.1, -0.05) is 12.1 Å². The van der Waals surface area contributed by atoms with Gasteiger partial charge in [-0.25, -0.2) is 4.68 Å². The van der Waals surface area contributed by atoms with Crippen LogP contribution in [0.5, 0.6) is 0 Å². The van der Waals surface area contributed by atoms with Crippen LogP contribution in [0.3, 0.4) is 0 Å². The van der Waals surface area contributed by atoms with E-state index in [1.807, 2.05) is 17.9 Å². The topological polar surface area (TPSA) is 29.9 Å². The summed E-state index contributed by atoms with van der Waals surface area (Å²) < 4.78 is 2.05. The van der Waals surface area contributed by atoms with Crippen LogP contribution in [0.2, 0.25) is 0 Å². The molecule has 0 saturated carbocycles. The first kappa shape index (κ1) is 12.8. The number of aryl methyl sites for hydroxylation is 2. The normalized spacial score (nSPS) is 10.9. The van der Waals surface area contributed by atoms with Crippen molar-refractivity contribution in [2.45, 2.75) is 27.2 Å². The fourth-order valence-electron chi connectivity index (χ4n) is 2.14. The summed E-state index contributed by atoms with van der Waals surface area (Å²) >= 11 is 0. The first-order valence-electron chi connectivity index (χ1n) is 6.39. The van der Waals surface area contributed by atoms with Crippen LogP contribution in [0.1, 0.15) is 22.4 Å². The minimum atomic E-state index is 0.985. The van der Waals surface area contributed by atoms with E-state index < -0.39 is 0 Å². The average Bonchev–Trinajstić information content (AvgIpc) is 2.71. The van der Waals surface area contributed by atoms with Gasteiger partial charge in [-0.2, -0.15) is 5.10 Å². The Bertz CT molecular complexity index is 541. The Morgan fingerprint density at radius 1 is 1.22 bits per heavy atom. The van der Waals surface area contributed by atoms with E-state index >= 15 is 0 Å². The molecule has 2 aromatic rings. The lowest BCUT2D eigenvalue weighted by Gasteiger charge is -2.10. The number of nitrogens with one attached hydrogen (secondary N) is 1. The molecule has 0 aliphatic carbocycles. The Morgan fingerprint density at radius 3 is 2.72 bits per heavy atom. The van der Waals surface area contributed by atoms with Gasteiger partial charge in [0.2, 0.25) is 0 Å². The van der Waals surface area contributed by atoms with Crippen molar-refractivity contribution in [3.63, 3.8) is 0 Å². The summed E-state index contributed by atoms with van der Waals surface area (Å²) in [7, 11) is 1.98. The van der Waals surface area contributed by atoms with Gasteiger partial charge in [0.1, 0.15) is 0 Å². The van der Waals surface area contributed by atoms with Crippen molar-refractivity contribution in [2.75, 3.05) is 13.6 Å². The molecule has 1 aromatic carbocycles. The predicted molar refractivity (Wildman–Crippen MR) is 75.4 cm³/mol. The molecule has 96 valence electrons. The predicted octanol–water partition coefficient (Wildman–Crippen LogP) is 2.56. The molecule has 0 amide bonds. The molecule has 0 saturated heterocycles. The molecule has 0 radical (unpaired) electrons. The van der Waals surface area contributed by atoms with Gasteiger partial charge in [0.15, 0.2) is 0 Å². The van der Waals surface area contributed by atoms with Gasteiger partial charge >= 0.3 is 0 Å². The molecule has 0 bridgehead atoms. The van der Waals surface area contributed by atoms with Crippen molar-refractivity contribution in [2.24, 2.45) is 0 Å². The van der Waals surface area contributed by atoms with Gasteiger partial charge in [0.25, 0.3) is 0 Å². The van der Waals surface area contributed by atoms with Gasteiger partial charge in [-0.3, -0.25) is 0 Å². The average molecular weight is 243 g/mol. The van der Waals surface area contributed by atoms with Crippen LogP contribution in [0, 0.1) is 20.8 Å². The van der Waals surface area contributed by atoms with Gasteiger partial charge in [0.05, 0.1) is 11.9 Å². The van der Waals surface area contributed by atoms with Crippen molar-refractivity contribution in [3.05, 3.63) is 46.8 Å². The highest BCUT2D eigenvalue weighted by molar-refractivity contribution is 5.44. The van der Waals surface area contributed by atoms with Gasteiger partial charge in [-0.05, 0) is 63.5 Å². The smallest absolute Gasteiger partial charge is 0.0680 e. The van der Waals surface area contributed by atoms with E-state index in [1.165, 1.54) is 28.1 Å². The number of benzene rings is 1. The number of likely N-dealkylation sites (N-methyl/N-ethyl adjacent to an activating group) is 1. The summed E-state index contributed by atoms with van der Waals surface area (Å²) in [5, 5.41) is 7.71. The molecule has 0 atom stereocenters. The molecule has 1 heterocycles. The molecule has 3 nitrogen and oxygen atoms in total. The third-order valence-corrected chi connectivity index (χ3v) is 3.35. The summed E-state index contributed by atoms with van der Waals surface area (Å²) in [6.45, 7) is 7.37. The maximum absolute atomic E-state index is 4.53. The second-order valence-corrected chi connectivity index (χ2v) is 4.81. The van der Waals surface area contributed by atoms with Gasteiger partial charge < -0.3 is 5.32 Å². The molecular formula is C15H21N3. The molecule has 18 heavy (non-hydrogen) atoms. The minimum Gasteiger partial charge on any atom is -0.319 e. The van der Waals surface area contributed by atoms with E-state index in [1.54, 1.807) is 0 Å². The molecule has 1 N–H and O–H groups in total. The van der Waals surface area contributed by atoms with Crippen molar-refractivity contribution in [1.29, 1.82) is 0 Å². The van der Waals surface area contributed by atoms with E-state index in [9.17, 15) is 0 Å². The monoisotopic (exact) mass is 243 g/mol. The van der Waals surface area contributed by atoms with E-state index in [2.05, 4.69) is 49.4 Å². The number of hydrogen-bond donors (Lipinski definition) is 1. The van der Waals surface area contributed by atoms with E-state index in [0.717, 1.165) is 13.0 Å². The Balaban J connectivity index is 2.39. The highest BCUT2D eigenvalue weighted by atomic mass is 15.3.